The average Bonchev–Trinajstić information content (AvgIpc) is 3.38. The van der Waals surface area contributed by atoms with Gasteiger partial charge < -0.3 is 10.5 Å². The number of methoxy groups -OCH3 is 1. The van der Waals surface area contributed by atoms with Crippen LogP contribution < -0.4 is 15.8 Å². The summed E-state index contributed by atoms with van der Waals surface area (Å²) in [7, 11) is 1.62. The van der Waals surface area contributed by atoms with Gasteiger partial charge in [-0.25, -0.2) is 15.0 Å². The van der Waals surface area contributed by atoms with Gasteiger partial charge >= 0.3 is 0 Å². The normalized spacial score (nSPS) is 10.7. The number of nitrogens with one attached hydrogen (secondary N) is 1. The first kappa shape index (κ1) is 19.5. The number of thiazole rings is 1. The Kier molecular flexibility index (Phi) is 5.56. The Balaban J connectivity index is 1.49. The summed E-state index contributed by atoms with van der Waals surface area (Å²) < 4.78 is 6.11. The zero-order valence-electron chi connectivity index (χ0n) is 15.0. The standard InChI is InChI=1S/C19H14BrN5O2S2/c1-27-13-3-2-10(8-11(13)20)16-9-23-19(29-16)25-17(26)15-5-4-14(28-15)12-6-7-22-18(21)24-12/h2-9H,1H3,(H2,21,22,24)(H,23,25,26). The molecule has 0 aliphatic rings. The lowest BCUT2D eigenvalue weighted by Gasteiger charge is -2.04. The van der Waals surface area contributed by atoms with Crippen LogP contribution in [-0.4, -0.2) is 28.0 Å². The Morgan fingerprint density at radius 1 is 1.14 bits per heavy atom. The molecule has 29 heavy (non-hydrogen) atoms. The molecular formula is C19H14BrN5O2S2. The second-order valence-corrected chi connectivity index (χ2v) is 8.77. The van der Waals surface area contributed by atoms with Crippen molar-refractivity contribution in [3.8, 4) is 26.8 Å². The molecule has 4 aromatic rings. The molecule has 0 aliphatic heterocycles. The SMILES string of the molecule is COc1ccc(-c2cnc(NC(=O)c3ccc(-c4ccnc(N)n4)s3)s2)cc1Br. The highest BCUT2D eigenvalue weighted by atomic mass is 79.9. The summed E-state index contributed by atoms with van der Waals surface area (Å²) in [5, 5.41) is 3.37. The van der Waals surface area contributed by atoms with Crippen LogP contribution in [-0.2, 0) is 0 Å². The number of rotatable bonds is 5. The number of nitrogen functional groups attached to an aromatic ring is 1. The van der Waals surface area contributed by atoms with E-state index >= 15 is 0 Å². The van der Waals surface area contributed by atoms with Gasteiger partial charge in [-0.1, -0.05) is 11.3 Å². The van der Waals surface area contributed by atoms with E-state index in [-0.39, 0.29) is 11.9 Å². The highest BCUT2D eigenvalue weighted by Gasteiger charge is 2.14. The topological polar surface area (TPSA) is 103 Å². The van der Waals surface area contributed by atoms with Gasteiger partial charge in [0.05, 0.1) is 31.9 Å². The van der Waals surface area contributed by atoms with Crippen molar-refractivity contribution in [3.63, 3.8) is 0 Å². The van der Waals surface area contributed by atoms with Gasteiger partial charge in [-0.2, -0.15) is 0 Å². The van der Waals surface area contributed by atoms with E-state index in [0.717, 1.165) is 25.5 Å². The van der Waals surface area contributed by atoms with Gasteiger partial charge in [0.1, 0.15) is 5.75 Å². The second-order valence-electron chi connectivity index (χ2n) is 5.80. The van der Waals surface area contributed by atoms with Gasteiger partial charge in [-0.15, -0.1) is 11.3 Å². The van der Waals surface area contributed by atoms with E-state index in [0.29, 0.717) is 15.7 Å². The number of aromatic nitrogens is 3. The van der Waals surface area contributed by atoms with Gasteiger partial charge in [0.25, 0.3) is 5.91 Å². The summed E-state index contributed by atoms with van der Waals surface area (Å²) in [5.41, 5.74) is 7.29. The van der Waals surface area contributed by atoms with Crippen LogP contribution in [0.15, 0.2) is 53.3 Å². The summed E-state index contributed by atoms with van der Waals surface area (Å²) in [6, 6.07) is 11.1. The van der Waals surface area contributed by atoms with Gasteiger partial charge in [0.15, 0.2) is 5.13 Å². The highest BCUT2D eigenvalue weighted by molar-refractivity contribution is 9.10. The van der Waals surface area contributed by atoms with Crippen LogP contribution >= 0.6 is 38.6 Å². The number of hydrogen-bond donors (Lipinski definition) is 2. The Hall–Kier alpha value is -2.82. The molecule has 0 fully saturated rings. The molecule has 0 unspecified atom stereocenters. The fourth-order valence-corrected chi connectivity index (χ4v) is 4.77. The maximum atomic E-state index is 12.6. The number of anilines is 2. The summed E-state index contributed by atoms with van der Waals surface area (Å²) in [6.45, 7) is 0. The van der Waals surface area contributed by atoms with E-state index in [2.05, 4.69) is 36.2 Å². The smallest absolute Gasteiger partial charge is 0.267 e. The maximum absolute atomic E-state index is 12.6. The second kappa shape index (κ2) is 8.27. The molecule has 3 heterocycles. The van der Waals surface area contributed by atoms with Crippen molar-refractivity contribution in [1.29, 1.82) is 0 Å². The van der Waals surface area contributed by atoms with E-state index in [1.807, 2.05) is 24.3 Å². The number of thiophene rings is 1. The van der Waals surface area contributed by atoms with E-state index in [9.17, 15) is 4.79 Å². The largest absolute Gasteiger partial charge is 0.496 e. The van der Waals surface area contributed by atoms with Crippen LogP contribution in [0.2, 0.25) is 0 Å². The quantitative estimate of drug-likeness (QED) is 0.413. The number of halogens is 1. The Bertz CT molecular complexity index is 1190. The van der Waals surface area contributed by atoms with Crippen molar-refractivity contribution in [3.05, 3.63) is 58.1 Å². The van der Waals surface area contributed by atoms with Crippen LogP contribution in [0.25, 0.3) is 21.0 Å². The third-order valence-electron chi connectivity index (χ3n) is 3.92. The lowest BCUT2D eigenvalue weighted by Crippen LogP contribution is -2.09. The molecule has 0 aliphatic carbocycles. The van der Waals surface area contributed by atoms with Crippen molar-refractivity contribution in [2.24, 2.45) is 0 Å². The van der Waals surface area contributed by atoms with Crippen molar-refractivity contribution in [2.75, 3.05) is 18.2 Å². The number of nitrogens with zero attached hydrogens (tertiary/aromatic N) is 3. The zero-order valence-corrected chi connectivity index (χ0v) is 18.3. The number of hydrogen-bond acceptors (Lipinski definition) is 8. The highest BCUT2D eigenvalue weighted by Crippen LogP contribution is 2.35. The number of amides is 1. The summed E-state index contributed by atoms with van der Waals surface area (Å²) in [4.78, 5) is 27.3. The van der Waals surface area contributed by atoms with Crippen LogP contribution in [0.1, 0.15) is 9.67 Å². The Morgan fingerprint density at radius 2 is 2.00 bits per heavy atom. The van der Waals surface area contributed by atoms with Gasteiger partial charge in [0.2, 0.25) is 5.95 Å². The predicted molar refractivity (Wildman–Crippen MR) is 120 cm³/mol. The van der Waals surface area contributed by atoms with Gasteiger partial charge in [0, 0.05) is 12.4 Å². The lowest BCUT2D eigenvalue weighted by molar-refractivity contribution is 0.103. The molecule has 4 rings (SSSR count). The Morgan fingerprint density at radius 3 is 2.76 bits per heavy atom. The van der Waals surface area contributed by atoms with Gasteiger partial charge in [-0.05, 0) is 57.9 Å². The lowest BCUT2D eigenvalue weighted by atomic mass is 10.2. The number of carbonyl (C=O) groups excluding carboxylic acids is 1. The number of ether oxygens (including phenoxy) is 1. The molecule has 0 spiro atoms. The minimum absolute atomic E-state index is 0.197. The van der Waals surface area contributed by atoms with Crippen molar-refractivity contribution >= 4 is 55.6 Å². The average molecular weight is 488 g/mol. The summed E-state index contributed by atoms with van der Waals surface area (Å²) in [5.74, 6) is 0.730. The summed E-state index contributed by atoms with van der Waals surface area (Å²) >= 11 is 6.21. The van der Waals surface area contributed by atoms with E-state index in [1.54, 1.807) is 31.6 Å². The molecule has 0 saturated heterocycles. The predicted octanol–water partition coefficient (Wildman–Crippen LogP) is 4.93. The third-order valence-corrected chi connectivity index (χ3v) is 6.61. The molecule has 10 heteroatoms. The minimum Gasteiger partial charge on any atom is -0.496 e. The fourth-order valence-electron chi connectivity index (χ4n) is 2.55. The summed E-state index contributed by atoms with van der Waals surface area (Å²) in [6.07, 6.45) is 3.32. The van der Waals surface area contributed by atoms with Crippen LogP contribution in [0.5, 0.6) is 5.75 Å². The molecule has 0 atom stereocenters. The van der Waals surface area contributed by atoms with Crippen molar-refractivity contribution in [2.45, 2.75) is 0 Å². The third kappa shape index (κ3) is 4.29. The molecule has 1 amide bonds. The first-order chi connectivity index (χ1) is 14.0. The van der Waals surface area contributed by atoms with E-state index < -0.39 is 0 Å². The molecule has 3 aromatic heterocycles. The fraction of sp³-hybridized carbons (Fsp3) is 0.0526. The van der Waals surface area contributed by atoms with Crippen LogP contribution in [0.4, 0.5) is 11.1 Å². The molecular weight excluding hydrogens is 474 g/mol. The van der Waals surface area contributed by atoms with Gasteiger partial charge in [-0.3, -0.25) is 10.1 Å². The Labute approximate surface area is 182 Å². The molecule has 0 bridgehead atoms. The van der Waals surface area contributed by atoms with Crippen LogP contribution in [0.3, 0.4) is 0 Å². The number of nitrogens with two attached hydrogens (primary N) is 1. The first-order valence-corrected chi connectivity index (χ1v) is 10.8. The molecule has 146 valence electrons. The number of carbonyl (C=O) groups is 1. The molecule has 1 aromatic carbocycles. The number of benzene rings is 1. The van der Waals surface area contributed by atoms with Crippen molar-refractivity contribution < 1.29 is 9.53 Å². The van der Waals surface area contributed by atoms with E-state index in [4.69, 9.17) is 10.5 Å². The molecule has 7 nitrogen and oxygen atoms in total. The van der Waals surface area contributed by atoms with Crippen molar-refractivity contribution in [1.82, 2.24) is 15.0 Å². The minimum atomic E-state index is -0.222. The monoisotopic (exact) mass is 487 g/mol. The molecule has 0 radical (unpaired) electrons. The maximum Gasteiger partial charge on any atom is 0.267 e. The van der Waals surface area contributed by atoms with E-state index in [1.165, 1.54) is 22.7 Å². The first-order valence-electron chi connectivity index (χ1n) is 8.33. The van der Waals surface area contributed by atoms with Crippen LogP contribution in [0, 0.1) is 0 Å². The zero-order chi connectivity index (χ0) is 20.4. The molecule has 0 saturated carbocycles. The molecule has 3 N–H and O–H groups in total.